The van der Waals surface area contributed by atoms with Crippen molar-refractivity contribution in [2.45, 2.75) is 6.54 Å². The van der Waals surface area contributed by atoms with Crippen molar-refractivity contribution in [2.75, 3.05) is 0 Å². The van der Waals surface area contributed by atoms with Crippen molar-refractivity contribution in [3.05, 3.63) is 42.9 Å². The lowest BCUT2D eigenvalue weighted by Gasteiger charge is -2.01. The highest BCUT2D eigenvalue weighted by atomic mass is 79.9. The number of nitrogens with one attached hydrogen (secondary N) is 1. The van der Waals surface area contributed by atoms with Gasteiger partial charge in [0.25, 0.3) is 5.91 Å². The van der Waals surface area contributed by atoms with Crippen LogP contribution >= 0.6 is 43.2 Å². The highest BCUT2D eigenvalue weighted by molar-refractivity contribution is 9.12. The van der Waals surface area contributed by atoms with Gasteiger partial charge < -0.3 is 14.8 Å². The topological polar surface area (TPSA) is 79.5 Å². The minimum atomic E-state index is -1.14. The number of aromatic carboxylic acids is 1. The zero-order chi connectivity index (χ0) is 14.0. The van der Waals surface area contributed by atoms with E-state index in [0.717, 1.165) is 7.57 Å². The van der Waals surface area contributed by atoms with Gasteiger partial charge in [-0.05, 0) is 50.1 Å². The SMILES string of the molecule is O=C(O)c1ccc(CNC(=O)c2cc(Br)sc2Br)o1. The minimum Gasteiger partial charge on any atom is -0.475 e. The summed E-state index contributed by atoms with van der Waals surface area (Å²) < 4.78 is 6.60. The molecule has 8 heteroatoms. The van der Waals surface area contributed by atoms with Crippen LogP contribution in [-0.4, -0.2) is 17.0 Å². The number of carbonyl (C=O) groups is 2. The molecule has 0 spiro atoms. The van der Waals surface area contributed by atoms with E-state index in [0.29, 0.717) is 11.3 Å². The molecular weight excluding hydrogens is 402 g/mol. The van der Waals surface area contributed by atoms with Gasteiger partial charge in [0.1, 0.15) is 5.76 Å². The molecular formula is C11H7Br2NO4S. The van der Waals surface area contributed by atoms with Gasteiger partial charge in [-0.2, -0.15) is 0 Å². The van der Waals surface area contributed by atoms with Crippen molar-refractivity contribution >= 4 is 55.1 Å². The Morgan fingerprint density at radius 2 is 2.11 bits per heavy atom. The van der Waals surface area contributed by atoms with Crippen LogP contribution < -0.4 is 5.32 Å². The molecule has 0 radical (unpaired) electrons. The summed E-state index contributed by atoms with van der Waals surface area (Å²) in [6.07, 6.45) is 0. The number of hydrogen-bond acceptors (Lipinski definition) is 4. The Bertz CT molecular complexity index is 634. The van der Waals surface area contributed by atoms with Gasteiger partial charge in [-0.1, -0.05) is 0 Å². The van der Waals surface area contributed by atoms with E-state index in [2.05, 4.69) is 37.2 Å². The Kier molecular flexibility index (Phi) is 4.43. The molecule has 0 aliphatic heterocycles. The fourth-order valence-corrected chi connectivity index (χ4v) is 4.14. The summed E-state index contributed by atoms with van der Waals surface area (Å²) in [7, 11) is 0. The van der Waals surface area contributed by atoms with Crippen molar-refractivity contribution in [1.29, 1.82) is 0 Å². The molecule has 0 aromatic carbocycles. The molecule has 100 valence electrons. The summed E-state index contributed by atoms with van der Waals surface area (Å²) >= 11 is 7.98. The van der Waals surface area contributed by atoms with Gasteiger partial charge in [0.15, 0.2) is 0 Å². The van der Waals surface area contributed by atoms with Crippen LogP contribution in [-0.2, 0) is 6.54 Å². The lowest BCUT2D eigenvalue weighted by atomic mass is 10.3. The second kappa shape index (κ2) is 5.89. The van der Waals surface area contributed by atoms with E-state index in [1.807, 2.05) is 0 Å². The molecule has 0 aliphatic carbocycles. The number of halogens is 2. The monoisotopic (exact) mass is 407 g/mol. The first-order valence-electron chi connectivity index (χ1n) is 5.02. The minimum absolute atomic E-state index is 0.131. The smallest absolute Gasteiger partial charge is 0.371 e. The van der Waals surface area contributed by atoms with E-state index < -0.39 is 5.97 Å². The molecule has 19 heavy (non-hydrogen) atoms. The first-order valence-corrected chi connectivity index (χ1v) is 7.42. The maximum Gasteiger partial charge on any atom is 0.371 e. The van der Waals surface area contributed by atoms with E-state index >= 15 is 0 Å². The number of carboxylic acids is 1. The van der Waals surface area contributed by atoms with Crippen LogP contribution in [0.2, 0.25) is 0 Å². The zero-order valence-electron chi connectivity index (χ0n) is 9.28. The van der Waals surface area contributed by atoms with E-state index in [-0.39, 0.29) is 18.2 Å². The molecule has 2 aromatic rings. The number of rotatable bonds is 4. The van der Waals surface area contributed by atoms with Crippen molar-refractivity contribution in [1.82, 2.24) is 5.32 Å². The fourth-order valence-electron chi connectivity index (χ4n) is 1.35. The average Bonchev–Trinajstić information content (AvgIpc) is 2.93. The lowest BCUT2D eigenvalue weighted by Crippen LogP contribution is -2.22. The molecule has 0 saturated carbocycles. The Balaban J connectivity index is 2.00. The van der Waals surface area contributed by atoms with Gasteiger partial charge in [0.05, 0.1) is 19.7 Å². The van der Waals surface area contributed by atoms with Crippen LogP contribution in [0.4, 0.5) is 0 Å². The molecule has 0 bridgehead atoms. The quantitative estimate of drug-likeness (QED) is 0.811. The molecule has 2 N–H and O–H groups in total. The molecule has 2 rings (SSSR count). The van der Waals surface area contributed by atoms with Gasteiger partial charge in [0.2, 0.25) is 5.76 Å². The fraction of sp³-hybridized carbons (Fsp3) is 0.0909. The first kappa shape index (κ1) is 14.3. The first-order chi connectivity index (χ1) is 8.97. The molecule has 5 nitrogen and oxygen atoms in total. The van der Waals surface area contributed by atoms with Crippen molar-refractivity contribution in [3.8, 4) is 0 Å². The van der Waals surface area contributed by atoms with Crippen LogP contribution in [0.25, 0.3) is 0 Å². The Hall–Kier alpha value is -1.12. The van der Waals surface area contributed by atoms with Crippen LogP contribution in [0, 0.1) is 0 Å². The molecule has 0 unspecified atom stereocenters. The maximum absolute atomic E-state index is 11.9. The van der Waals surface area contributed by atoms with E-state index in [4.69, 9.17) is 9.52 Å². The molecule has 0 fully saturated rings. The summed E-state index contributed by atoms with van der Waals surface area (Å²) in [6.45, 7) is 0.131. The van der Waals surface area contributed by atoms with Crippen molar-refractivity contribution < 1.29 is 19.1 Å². The summed E-state index contributed by atoms with van der Waals surface area (Å²) in [5.74, 6) is -1.16. The normalized spacial score (nSPS) is 10.4. The summed E-state index contributed by atoms with van der Waals surface area (Å²) in [5, 5.41) is 11.4. The van der Waals surface area contributed by atoms with Crippen LogP contribution in [0.3, 0.4) is 0 Å². The van der Waals surface area contributed by atoms with E-state index in [9.17, 15) is 9.59 Å². The van der Waals surface area contributed by atoms with Crippen molar-refractivity contribution in [3.63, 3.8) is 0 Å². The third-order valence-corrected chi connectivity index (χ3v) is 4.54. The van der Waals surface area contributed by atoms with Gasteiger partial charge >= 0.3 is 5.97 Å². The number of thiophene rings is 1. The predicted octanol–water partition coefficient (Wildman–Crippen LogP) is 3.49. The molecule has 1 amide bonds. The average molecular weight is 409 g/mol. The number of hydrogen-bond donors (Lipinski definition) is 2. The van der Waals surface area contributed by atoms with Gasteiger partial charge in [0, 0.05) is 0 Å². The summed E-state index contributed by atoms with van der Waals surface area (Å²) in [4.78, 5) is 22.5. The van der Waals surface area contributed by atoms with Crippen molar-refractivity contribution in [2.24, 2.45) is 0 Å². The maximum atomic E-state index is 11.9. The standard InChI is InChI=1S/C11H7Br2NO4S/c12-8-3-6(9(13)19-8)10(15)14-4-5-1-2-7(18-5)11(16)17/h1-3H,4H2,(H,14,15)(H,16,17). The highest BCUT2D eigenvalue weighted by Gasteiger charge is 2.14. The zero-order valence-corrected chi connectivity index (χ0v) is 13.3. The molecule has 2 heterocycles. The van der Waals surface area contributed by atoms with Crippen LogP contribution in [0.1, 0.15) is 26.7 Å². The second-order valence-electron chi connectivity index (χ2n) is 3.49. The van der Waals surface area contributed by atoms with E-state index in [1.54, 1.807) is 6.07 Å². The largest absolute Gasteiger partial charge is 0.475 e. The number of amides is 1. The number of carbonyl (C=O) groups excluding carboxylic acids is 1. The van der Waals surface area contributed by atoms with Gasteiger partial charge in [-0.25, -0.2) is 4.79 Å². The van der Waals surface area contributed by atoms with E-state index in [1.165, 1.54) is 23.5 Å². The molecule has 0 aliphatic rings. The van der Waals surface area contributed by atoms with Crippen LogP contribution in [0.5, 0.6) is 0 Å². The summed E-state index contributed by atoms with van der Waals surface area (Å²) in [5.41, 5.74) is 0.516. The third-order valence-electron chi connectivity index (χ3n) is 2.20. The Morgan fingerprint density at radius 3 is 2.63 bits per heavy atom. The Morgan fingerprint density at radius 1 is 1.37 bits per heavy atom. The summed E-state index contributed by atoms with van der Waals surface area (Å²) in [6, 6.07) is 4.57. The van der Waals surface area contributed by atoms with Crippen LogP contribution in [0.15, 0.2) is 30.2 Å². The predicted molar refractivity (Wildman–Crippen MR) is 76.6 cm³/mol. The third kappa shape index (κ3) is 3.46. The van der Waals surface area contributed by atoms with Gasteiger partial charge in [-0.3, -0.25) is 4.79 Å². The molecule has 0 atom stereocenters. The Labute approximate surface area is 128 Å². The molecule has 2 aromatic heterocycles. The second-order valence-corrected chi connectivity index (χ2v) is 7.24. The molecule has 0 saturated heterocycles. The highest BCUT2D eigenvalue weighted by Crippen LogP contribution is 2.31. The number of furan rings is 1. The lowest BCUT2D eigenvalue weighted by molar-refractivity contribution is 0.0660. The number of carboxylic acid groups (broad SMARTS) is 1. The van der Waals surface area contributed by atoms with Gasteiger partial charge in [-0.15, -0.1) is 11.3 Å².